The minimum atomic E-state index is -0.644. The van der Waals surface area contributed by atoms with E-state index in [1.807, 2.05) is 38.1 Å². The molecule has 3 rings (SSSR count). The van der Waals surface area contributed by atoms with E-state index in [-0.39, 0.29) is 11.3 Å². The summed E-state index contributed by atoms with van der Waals surface area (Å²) in [5.74, 6) is -0.663. The molecular weight excluding hydrogens is 354 g/mol. The normalized spacial score (nSPS) is 18.5. The lowest BCUT2D eigenvalue weighted by molar-refractivity contribution is -0.139. The predicted octanol–water partition coefficient (Wildman–Crippen LogP) is 4.23. The number of nitrogens with zero attached hydrogens (tertiary/aromatic N) is 1. The van der Waals surface area contributed by atoms with Gasteiger partial charge in [0.2, 0.25) is 0 Å². The fourth-order valence-electron chi connectivity index (χ4n) is 3.44. The average Bonchev–Trinajstić information content (AvgIpc) is 2.97. The third-order valence-electron chi connectivity index (χ3n) is 5.05. The number of aryl methyl sites for hydroxylation is 1. The van der Waals surface area contributed by atoms with E-state index in [1.54, 1.807) is 36.3 Å². The molecule has 2 aromatic carbocycles. The monoisotopic (exact) mass is 379 g/mol. The van der Waals surface area contributed by atoms with Crippen LogP contribution in [0.15, 0.2) is 54.1 Å². The molecule has 1 fully saturated rings. The molecule has 0 aliphatic carbocycles. The van der Waals surface area contributed by atoms with Gasteiger partial charge in [-0.1, -0.05) is 55.3 Å². The van der Waals surface area contributed by atoms with Gasteiger partial charge in [-0.25, -0.2) is 0 Å². The molecule has 28 heavy (non-hydrogen) atoms. The maximum Gasteiger partial charge on any atom is 0.295 e. The van der Waals surface area contributed by atoms with Gasteiger partial charge < -0.3 is 14.7 Å². The zero-order valence-electron chi connectivity index (χ0n) is 16.4. The number of aliphatic hydroxyl groups is 1. The summed E-state index contributed by atoms with van der Waals surface area (Å²) in [5, 5.41) is 10.9. The Hall–Kier alpha value is -3.08. The van der Waals surface area contributed by atoms with E-state index < -0.39 is 17.7 Å². The first-order valence-electron chi connectivity index (χ1n) is 9.47. The molecule has 0 saturated carbocycles. The maximum atomic E-state index is 12.8. The van der Waals surface area contributed by atoms with E-state index in [2.05, 4.69) is 0 Å². The van der Waals surface area contributed by atoms with Crippen LogP contribution in [0.4, 0.5) is 0 Å². The van der Waals surface area contributed by atoms with Crippen molar-refractivity contribution >= 4 is 17.4 Å². The first kappa shape index (κ1) is 19.7. The SMILES string of the molecule is CCCCN1C(=O)C(=O)C(=C(O)c2ccc(C)cc2)[C@H]1c1ccc(OC)cc1. The number of carbonyl (C=O) groups excluding carboxylic acids is 2. The van der Waals surface area contributed by atoms with Gasteiger partial charge in [0.05, 0.1) is 18.7 Å². The molecule has 0 spiro atoms. The van der Waals surface area contributed by atoms with Crippen LogP contribution >= 0.6 is 0 Å². The number of benzene rings is 2. The Morgan fingerprint density at radius 1 is 1.07 bits per heavy atom. The summed E-state index contributed by atoms with van der Waals surface area (Å²) in [6.07, 6.45) is 1.68. The molecule has 5 nitrogen and oxygen atoms in total. The van der Waals surface area contributed by atoms with Gasteiger partial charge >= 0.3 is 0 Å². The van der Waals surface area contributed by atoms with Gasteiger partial charge in [0.1, 0.15) is 11.5 Å². The predicted molar refractivity (Wildman–Crippen MR) is 108 cm³/mol. The average molecular weight is 379 g/mol. The van der Waals surface area contributed by atoms with E-state index in [0.717, 1.165) is 24.0 Å². The van der Waals surface area contributed by atoms with Crippen molar-refractivity contribution in [3.05, 3.63) is 70.8 Å². The van der Waals surface area contributed by atoms with Crippen molar-refractivity contribution in [1.29, 1.82) is 0 Å². The summed E-state index contributed by atoms with van der Waals surface area (Å²) in [5.41, 5.74) is 2.48. The van der Waals surface area contributed by atoms with Crippen LogP contribution in [-0.4, -0.2) is 35.4 Å². The van der Waals surface area contributed by atoms with Crippen LogP contribution in [-0.2, 0) is 9.59 Å². The number of likely N-dealkylation sites (tertiary alicyclic amines) is 1. The zero-order chi connectivity index (χ0) is 20.3. The first-order chi connectivity index (χ1) is 13.5. The number of ether oxygens (including phenoxy) is 1. The third-order valence-corrected chi connectivity index (χ3v) is 5.05. The Balaban J connectivity index is 2.13. The zero-order valence-corrected chi connectivity index (χ0v) is 16.4. The molecule has 0 unspecified atom stereocenters. The largest absolute Gasteiger partial charge is 0.507 e. The number of rotatable bonds is 6. The number of amides is 1. The number of ketones is 1. The Morgan fingerprint density at radius 2 is 1.71 bits per heavy atom. The summed E-state index contributed by atoms with van der Waals surface area (Å²) in [6.45, 7) is 4.44. The number of methoxy groups -OCH3 is 1. The summed E-state index contributed by atoms with van der Waals surface area (Å²) in [6, 6.07) is 13.9. The molecule has 1 aliphatic rings. The Bertz CT molecular complexity index is 897. The lowest BCUT2D eigenvalue weighted by Crippen LogP contribution is -2.30. The van der Waals surface area contributed by atoms with Crippen molar-refractivity contribution in [3.8, 4) is 5.75 Å². The molecule has 1 amide bonds. The third kappa shape index (κ3) is 3.65. The summed E-state index contributed by atoms with van der Waals surface area (Å²) >= 11 is 0. The van der Waals surface area contributed by atoms with E-state index in [9.17, 15) is 14.7 Å². The highest BCUT2D eigenvalue weighted by atomic mass is 16.5. The highest BCUT2D eigenvalue weighted by molar-refractivity contribution is 6.46. The van der Waals surface area contributed by atoms with Gasteiger partial charge in [-0.15, -0.1) is 0 Å². The molecule has 0 bridgehead atoms. The quantitative estimate of drug-likeness (QED) is 0.463. The highest BCUT2D eigenvalue weighted by Crippen LogP contribution is 2.39. The van der Waals surface area contributed by atoms with E-state index in [1.165, 1.54) is 0 Å². The van der Waals surface area contributed by atoms with Crippen LogP contribution in [0.25, 0.3) is 5.76 Å². The second-order valence-corrected chi connectivity index (χ2v) is 6.99. The number of carbonyl (C=O) groups is 2. The van der Waals surface area contributed by atoms with Gasteiger partial charge in [0, 0.05) is 12.1 Å². The molecule has 1 atom stereocenters. The summed E-state index contributed by atoms with van der Waals surface area (Å²) in [7, 11) is 1.58. The van der Waals surface area contributed by atoms with E-state index in [0.29, 0.717) is 17.9 Å². The molecule has 1 N–H and O–H groups in total. The molecule has 0 aromatic heterocycles. The van der Waals surface area contributed by atoms with Gasteiger partial charge in [-0.2, -0.15) is 0 Å². The number of hydrogen-bond donors (Lipinski definition) is 1. The van der Waals surface area contributed by atoms with Crippen LogP contribution in [0.1, 0.15) is 42.5 Å². The van der Waals surface area contributed by atoms with Gasteiger partial charge in [0.25, 0.3) is 11.7 Å². The van der Waals surface area contributed by atoms with Crippen molar-refractivity contribution in [2.75, 3.05) is 13.7 Å². The number of Topliss-reactive ketones (excluding diaryl/α,β-unsaturated/α-hetero) is 1. The molecular formula is C23H25NO4. The minimum Gasteiger partial charge on any atom is -0.507 e. The number of unbranched alkanes of at least 4 members (excludes halogenated alkanes) is 1. The molecule has 1 saturated heterocycles. The topological polar surface area (TPSA) is 66.8 Å². The van der Waals surface area contributed by atoms with Crippen LogP contribution in [0.5, 0.6) is 5.75 Å². The molecule has 1 heterocycles. The van der Waals surface area contributed by atoms with Crippen molar-refractivity contribution in [1.82, 2.24) is 4.90 Å². The van der Waals surface area contributed by atoms with Crippen molar-refractivity contribution < 1.29 is 19.4 Å². The van der Waals surface area contributed by atoms with Crippen LogP contribution in [0.2, 0.25) is 0 Å². The number of aliphatic hydroxyl groups excluding tert-OH is 1. The molecule has 0 radical (unpaired) electrons. The van der Waals surface area contributed by atoms with Gasteiger partial charge in [0.15, 0.2) is 0 Å². The molecule has 2 aromatic rings. The smallest absolute Gasteiger partial charge is 0.295 e. The Morgan fingerprint density at radius 3 is 2.29 bits per heavy atom. The van der Waals surface area contributed by atoms with E-state index >= 15 is 0 Å². The molecule has 146 valence electrons. The van der Waals surface area contributed by atoms with Crippen molar-refractivity contribution in [2.45, 2.75) is 32.7 Å². The van der Waals surface area contributed by atoms with Crippen LogP contribution in [0, 0.1) is 6.92 Å². The second kappa shape index (κ2) is 8.30. The van der Waals surface area contributed by atoms with Crippen molar-refractivity contribution in [3.63, 3.8) is 0 Å². The summed E-state index contributed by atoms with van der Waals surface area (Å²) < 4.78 is 5.21. The highest BCUT2D eigenvalue weighted by Gasteiger charge is 2.45. The van der Waals surface area contributed by atoms with Crippen LogP contribution < -0.4 is 4.74 Å². The maximum absolute atomic E-state index is 12.8. The lowest BCUT2D eigenvalue weighted by atomic mass is 9.95. The fraction of sp³-hybridized carbons (Fsp3) is 0.304. The van der Waals surface area contributed by atoms with Gasteiger partial charge in [-0.05, 0) is 31.0 Å². The number of hydrogen-bond acceptors (Lipinski definition) is 4. The van der Waals surface area contributed by atoms with E-state index in [4.69, 9.17) is 4.74 Å². The van der Waals surface area contributed by atoms with Crippen LogP contribution in [0.3, 0.4) is 0 Å². The minimum absolute atomic E-state index is 0.134. The fourth-order valence-corrected chi connectivity index (χ4v) is 3.44. The Labute approximate surface area is 165 Å². The lowest BCUT2D eigenvalue weighted by Gasteiger charge is -2.25. The van der Waals surface area contributed by atoms with Gasteiger partial charge in [-0.3, -0.25) is 9.59 Å². The standard InChI is InChI=1S/C23H25NO4/c1-4-5-14-24-20(16-10-12-18(28-3)13-11-16)19(22(26)23(24)27)21(25)17-8-6-15(2)7-9-17/h6-13,20,25H,4-5,14H2,1-3H3/t20-/m1/s1. The summed E-state index contributed by atoms with van der Waals surface area (Å²) in [4.78, 5) is 27.1. The molecule has 5 heteroatoms. The first-order valence-corrected chi connectivity index (χ1v) is 9.47. The Kier molecular flexibility index (Phi) is 5.83. The van der Waals surface area contributed by atoms with Crippen molar-refractivity contribution in [2.24, 2.45) is 0 Å². The molecule has 1 aliphatic heterocycles. The second-order valence-electron chi connectivity index (χ2n) is 6.99.